The number of imide groups is 1. The van der Waals surface area contributed by atoms with Gasteiger partial charge in [-0.25, -0.2) is 41.7 Å². The molecule has 18 heteroatoms. The number of nitrogens with one attached hydrogen (secondary N) is 3. The van der Waals surface area contributed by atoms with Gasteiger partial charge in [-0.05, 0) is 60.2 Å². The zero-order valence-electron chi connectivity index (χ0n) is 28.2. The summed E-state index contributed by atoms with van der Waals surface area (Å²) in [6.45, 7) is 0.380. The topological polar surface area (TPSA) is 200 Å². The Balaban J connectivity index is 1.12. The highest BCUT2D eigenvalue weighted by Gasteiger charge is 2.48. The third-order valence-corrected chi connectivity index (χ3v) is 10.4. The summed E-state index contributed by atoms with van der Waals surface area (Å²) in [5.41, 5.74) is -0.506. The van der Waals surface area contributed by atoms with Crippen LogP contribution in [0.3, 0.4) is 0 Å². The second-order valence-corrected chi connectivity index (χ2v) is 14.0. The van der Waals surface area contributed by atoms with Crippen molar-refractivity contribution in [2.24, 2.45) is 5.92 Å². The van der Waals surface area contributed by atoms with E-state index in [1.807, 2.05) is 0 Å². The number of nitrogens with zero attached hydrogens (tertiary/aromatic N) is 4. The van der Waals surface area contributed by atoms with Crippen LogP contribution in [0.5, 0.6) is 0 Å². The van der Waals surface area contributed by atoms with Gasteiger partial charge >= 0.3 is 12.0 Å². The van der Waals surface area contributed by atoms with Crippen molar-refractivity contribution in [2.45, 2.75) is 36.0 Å². The number of carboxylic acid groups (broad SMARTS) is 1. The number of sulfonamides is 1. The van der Waals surface area contributed by atoms with Crippen LogP contribution in [0.2, 0.25) is 0 Å². The quantitative estimate of drug-likeness (QED) is 0.176. The van der Waals surface area contributed by atoms with Crippen molar-refractivity contribution < 1.29 is 46.2 Å². The highest BCUT2D eigenvalue weighted by Crippen LogP contribution is 2.32. The molecule has 53 heavy (non-hydrogen) atoms. The van der Waals surface area contributed by atoms with Gasteiger partial charge in [-0.15, -0.1) is 0 Å². The Kier molecular flexibility index (Phi) is 10.5. The van der Waals surface area contributed by atoms with Crippen molar-refractivity contribution in [1.82, 2.24) is 25.5 Å². The number of fused-ring (bicyclic) bond motifs is 1. The Morgan fingerprint density at radius 3 is 2.28 bits per heavy atom. The summed E-state index contributed by atoms with van der Waals surface area (Å²) in [6.07, 6.45) is 2.71. The van der Waals surface area contributed by atoms with E-state index in [9.17, 15) is 32.7 Å². The van der Waals surface area contributed by atoms with E-state index < -0.39 is 68.7 Å². The van der Waals surface area contributed by atoms with E-state index >= 15 is 8.78 Å². The number of hydrogen-bond acceptors (Lipinski definition) is 10. The number of rotatable bonds is 11. The molecule has 0 radical (unpaired) electrons. The average molecular weight is 750 g/mol. The fraction of sp³-hybridized carbons (Fsp3) is 0.257. The zero-order chi connectivity index (χ0) is 38.0. The minimum Gasteiger partial charge on any atom is -0.480 e. The Bertz CT molecular complexity index is 2140. The van der Waals surface area contributed by atoms with E-state index in [1.54, 1.807) is 13.1 Å². The lowest BCUT2D eigenvalue weighted by atomic mass is 9.87. The number of benzene rings is 3. The van der Waals surface area contributed by atoms with Gasteiger partial charge in [0.1, 0.15) is 29.5 Å². The summed E-state index contributed by atoms with van der Waals surface area (Å²) in [5, 5.41) is 15.1. The predicted molar refractivity (Wildman–Crippen MR) is 185 cm³/mol. The second-order valence-electron chi connectivity index (χ2n) is 12.4. The molecule has 3 unspecified atom stereocenters. The van der Waals surface area contributed by atoms with Gasteiger partial charge in [0.15, 0.2) is 5.82 Å². The molecule has 2 aliphatic rings. The molecule has 4 aromatic rings. The van der Waals surface area contributed by atoms with Crippen molar-refractivity contribution in [3.63, 3.8) is 0 Å². The predicted octanol–water partition coefficient (Wildman–Crippen LogP) is 3.00. The maximum atomic E-state index is 15.1. The maximum absolute atomic E-state index is 15.1. The molecule has 0 aliphatic carbocycles. The second kappa shape index (κ2) is 15.0. The van der Waals surface area contributed by atoms with Gasteiger partial charge in [-0.2, -0.15) is 0 Å². The van der Waals surface area contributed by atoms with E-state index in [0.717, 1.165) is 4.90 Å². The third kappa shape index (κ3) is 7.69. The van der Waals surface area contributed by atoms with Crippen molar-refractivity contribution >= 4 is 45.2 Å². The number of carboxylic acids is 1. The number of aliphatic carboxylic acids is 1. The fourth-order valence-corrected chi connectivity index (χ4v) is 7.30. The number of carbonyl (C=O) groups is 4. The molecule has 4 amide bonds. The molecule has 0 bridgehead atoms. The summed E-state index contributed by atoms with van der Waals surface area (Å²) in [4.78, 5) is 62.1. The van der Waals surface area contributed by atoms with Gasteiger partial charge < -0.3 is 20.1 Å². The molecule has 3 heterocycles. The summed E-state index contributed by atoms with van der Waals surface area (Å²) in [7, 11) is -1.21. The average Bonchev–Trinajstić information content (AvgIpc) is 3.14. The van der Waals surface area contributed by atoms with E-state index in [-0.39, 0.29) is 29.3 Å². The number of ether oxygens (including phenoxy) is 1. The largest absolute Gasteiger partial charge is 0.480 e. The van der Waals surface area contributed by atoms with E-state index in [1.165, 1.54) is 72.9 Å². The number of methoxy groups -OCH3 is 1. The number of anilines is 2. The highest BCUT2D eigenvalue weighted by atomic mass is 32.2. The molecule has 4 N–H and O–H groups in total. The van der Waals surface area contributed by atoms with Crippen molar-refractivity contribution in [1.29, 1.82) is 0 Å². The highest BCUT2D eigenvalue weighted by molar-refractivity contribution is 7.92. The van der Waals surface area contributed by atoms with Crippen LogP contribution in [0.25, 0.3) is 11.4 Å². The number of urea groups is 1. The number of aromatic nitrogens is 2. The van der Waals surface area contributed by atoms with E-state index in [2.05, 4.69) is 25.3 Å². The molecule has 2 fully saturated rings. The monoisotopic (exact) mass is 749 g/mol. The van der Waals surface area contributed by atoms with Gasteiger partial charge in [0.2, 0.25) is 5.91 Å². The molecule has 2 saturated heterocycles. The number of carbonyl (C=O) groups excluding carboxylic acids is 3. The van der Waals surface area contributed by atoms with Gasteiger partial charge in [0.05, 0.1) is 28.2 Å². The first-order valence-electron chi connectivity index (χ1n) is 16.2. The number of hydrogen-bond donors (Lipinski definition) is 4. The lowest BCUT2D eigenvalue weighted by Gasteiger charge is -2.46. The summed E-state index contributed by atoms with van der Waals surface area (Å²) in [5.74, 6) is -6.35. The molecule has 4 atom stereocenters. The Labute approximate surface area is 302 Å². The number of piperidine rings is 1. The van der Waals surface area contributed by atoms with Crippen LogP contribution in [0.1, 0.15) is 22.3 Å². The molecule has 0 spiro atoms. The number of halogens is 2. The van der Waals surface area contributed by atoms with Crippen LogP contribution < -0.4 is 20.3 Å². The molecule has 0 saturated carbocycles. The smallest absolute Gasteiger partial charge is 0.331 e. The molecule has 3 aromatic carbocycles. The van der Waals surface area contributed by atoms with Crippen LogP contribution in [0.15, 0.2) is 84.0 Å². The Morgan fingerprint density at radius 1 is 1.04 bits per heavy atom. The normalized spacial score (nSPS) is 19.4. The van der Waals surface area contributed by atoms with Crippen molar-refractivity contribution in [3.05, 3.63) is 102 Å². The molecular weight excluding hydrogens is 716 g/mol. The van der Waals surface area contributed by atoms with Crippen LogP contribution in [-0.2, 0) is 30.8 Å². The molecule has 6 rings (SSSR count). The van der Waals surface area contributed by atoms with Crippen molar-refractivity contribution in [3.8, 4) is 11.4 Å². The van der Waals surface area contributed by atoms with Crippen LogP contribution in [-0.4, -0.2) is 91.2 Å². The van der Waals surface area contributed by atoms with Crippen LogP contribution in [0, 0.1) is 17.6 Å². The van der Waals surface area contributed by atoms with Gasteiger partial charge in [0, 0.05) is 51.5 Å². The Hall–Kier alpha value is -5.85. The van der Waals surface area contributed by atoms with Crippen LogP contribution in [0.4, 0.5) is 25.0 Å². The van der Waals surface area contributed by atoms with Crippen molar-refractivity contribution in [2.75, 3.05) is 30.3 Å². The summed E-state index contributed by atoms with van der Waals surface area (Å²) in [6, 6.07) is 11.6. The van der Waals surface area contributed by atoms with Gasteiger partial charge in [-0.1, -0.05) is 12.1 Å². The van der Waals surface area contributed by atoms with Gasteiger partial charge in [-0.3, -0.25) is 19.6 Å². The summed E-state index contributed by atoms with van der Waals surface area (Å²) >= 11 is 0. The molecular formula is C35H33F2N7O8S. The van der Waals surface area contributed by atoms with Gasteiger partial charge in [0.25, 0.3) is 15.9 Å². The first-order chi connectivity index (χ1) is 25.3. The van der Waals surface area contributed by atoms with Crippen LogP contribution >= 0.6 is 0 Å². The van der Waals surface area contributed by atoms with E-state index in [4.69, 9.17) is 4.74 Å². The third-order valence-electron chi connectivity index (χ3n) is 9.05. The van der Waals surface area contributed by atoms with E-state index in [0.29, 0.717) is 42.0 Å². The fourth-order valence-electron chi connectivity index (χ4n) is 6.26. The molecule has 1 aromatic heterocycles. The number of likely N-dealkylation sites (N-methyl/N-ethyl adjacent to an activating group) is 1. The zero-order valence-corrected chi connectivity index (χ0v) is 29.0. The standard InChI is InChI=1S/C35H33F2N7O8S/c1-43-28-18-40-29(52-2)17-24(28)33(46)44(35(43)49)22-8-4-19(5-9-22)14-27(34(47)48)41-32(45)30-25(36)15-21(16-26(30)37)42-53(50,51)23-10-6-20(7-11-23)31-38-12-3-13-39-31/h3-13,15-16,24,27-29,40,42H,14,17-18H2,1-2H3,(H,41,45)(H,47,48)/t24?,27-,28?,29?/m0/s1. The SMILES string of the molecule is COC1CC2C(=O)N(c3ccc(C[C@H](NC(=O)c4c(F)cc(NS(=O)(=O)c5ccc(-c6ncccn6)cc5)cc4F)C(=O)O)cc3)C(=O)N(C)C2CN1. The lowest BCUT2D eigenvalue weighted by molar-refractivity contribution is -0.139. The summed E-state index contributed by atoms with van der Waals surface area (Å²) < 4.78 is 63.6. The minimum absolute atomic E-state index is 0.228. The lowest BCUT2D eigenvalue weighted by Crippen LogP contribution is -2.66. The number of amides is 4. The molecule has 15 nitrogen and oxygen atoms in total. The first-order valence-corrected chi connectivity index (χ1v) is 17.6. The molecule has 2 aliphatic heterocycles. The molecule has 276 valence electrons. The maximum Gasteiger partial charge on any atom is 0.331 e. The first kappa shape index (κ1) is 36.9. The Morgan fingerprint density at radius 2 is 1.68 bits per heavy atom. The minimum atomic E-state index is -4.32.